The molecule has 0 saturated heterocycles. The summed E-state index contributed by atoms with van der Waals surface area (Å²) in [7, 11) is 0. The molecule has 3 aromatic rings. The first-order valence-corrected chi connectivity index (χ1v) is 7.02. The van der Waals surface area contributed by atoms with Gasteiger partial charge in [-0.15, -0.1) is 0 Å². The molecule has 0 aliphatic carbocycles. The number of aryl methyl sites for hydroxylation is 1. The molecule has 0 atom stereocenters. The highest BCUT2D eigenvalue weighted by atomic mass is 16.4. The van der Waals surface area contributed by atoms with Crippen molar-refractivity contribution < 1.29 is 9.90 Å². The Hall–Kier alpha value is -2.94. The Morgan fingerprint density at radius 1 is 0.864 bits per heavy atom. The lowest BCUT2D eigenvalue weighted by atomic mass is 10.0. The largest absolute Gasteiger partial charge is 0.478 e. The molecule has 0 unspecified atom stereocenters. The van der Waals surface area contributed by atoms with E-state index in [1.807, 2.05) is 61.5 Å². The van der Waals surface area contributed by atoms with Crippen LogP contribution in [0, 0.1) is 6.92 Å². The van der Waals surface area contributed by atoms with Crippen molar-refractivity contribution in [2.45, 2.75) is 6.92 Å². The highest BCUT2D eigenvalue weighted by Crippen LogP contribution is 2.26. The van der Waals surface area contributed by atoms with Gasteiger partial charge in [0, 0.05) is 11.1 Å². The van der Waals surface area contributed by atoms with Crippen LogP contribution in [0.1, 0.15) is 15.9 Å². The van der Waals surface area contributed by atoms with Crippen molar-refractivity contribution in [3.63, 3.8) is 0 Å². The van der Waals surface area contributed by atoms with Crippen LogP contribution in [0.3, 0.4) is 0 Å². The van der Waals surface area contributed by atoms with E-state index in [9.17, 15) is 9.90 Å². The van der Waals surface area contributed by atoms with Crippen LogP contribution in [0.5, 0.6) is 0 Å². The molecule has 2 aromatic carbocycles. The summed E-state index contributed by atoms with van der Waals surface area (Å²) in [6.45, 7) is 2.03. The quantitative estimate of drug-likeness (QED) is 0.776. The second-order valence-electron chi connectivity index (χ2n) is 5.13. The molecule has 0 fully saturated rings. The van der Waals surface area contributed by atoms with E-state index in [4.69, 9.17) is 0 Å². The van der Waals surface area contributed by atoms with Crippen molar-refractivity contribution >= 4 is 5.97 Å². The fourth-order valence-electron chi connectivity index (χ4n) is 2.33. The van der Waals surface area contributed by atoms with Crippen molar-refractivity contribution in [1.82, 2.24) is 4.98 Å². The molecule has 3 rings (SSSR count). The molecule has 0 aliphatic rings. The first-order valence-electron chi connectivity index (χ1n) is 7.02. The number of aromatic nitrogens is 1. The van der Waals surface area contributed by atoms with Crippen LogP contribution < -0.4 is 0 Å². The maximum Gasteiger partial charge on any atom is 0.337 e. The Kier molecular flexibility index (Phi) is 3.71. The van der Waals surface area contributed by atoms with Gasteiger partial charge in [0.15, 0.2) is 0 Å². The Morgan fingerprint density at radius 3 is 2.18 bits per heavy atom. The lowest BCUT2D eigenvalue weighted by Crippen LogP contribution is -2.02. The topological polar surface area (TPSA) is 50.2 Å². The van der Waals surface area contributed by atoms with E-state index < -0.39 is 5.97 Å². The fraction of sp³-hybridized carbons (Fsp3) is 0.0526. The minimum Gasteiger partial charge on any atom is -0.478 e. The number of nitrogens with zero attached hydrogens (tertiary/aromatic N) is 1. The Bertz CT molecular complexity index is 809. The summed E-state index contributed by atoms with van der Waals surface area (Å²) in [5.74, 6) is -0.971. The molecule has 1 heterocycles. The van der Waals surface area contributed by atoms with Crippen LogP contribution >= 0.6 is 0 Å². The van der Waals surface area contributed by atoms with Gasteiger partial charge in [0.05, 0.1) is 17.0 Å². The maximum atomic E-state index is 11.4. The van der Waals surface area contributed by atoms with Crippen LogP contribution in [0.25, 0.3) is 22.5 Å². The smallest absolute Gasteiger partial charge is 0.337 e. The third kappa shape index (κ3) is 2.74. The lowest BCUT2D eigenvalue weighted by Gasteiger charge is -2.09. The zero-order valence-electron chi connectivity index (χ0n) is 12.2. The number of hydrogen-bond acceptors (Lipinski definition) is 2. The SMILES string of the molecule is Cc1ccc(-c2ccc(C(=O)O)c(-c3ccccc3)n2)cc1. The second kappa shape index (κ2) is 5.82. The van der Waals surface area contributed by atoms with Crippen LogP contribution in [0.15, 0.2) is 66.7 Å². The molecule has 0 bridgehead atoms. The van der Waals surface area contributed by atoms with E-state index in [0.717, 1.165) is 16.8 Å². The van der Waals surface area contributed by atoms with Gasteiger partial charge in [-0.25, -0.2) is 9.78 Å². The summed E-state index contributed by atoms with van der Waals surface area (Å²) in [6.07, 6.45) is 0. The molecular weight excluding hydrogens is 274 g/mol. The molecule has 1 N–H and O–H groups in total. The number of benzene rings is 2. The molecule has 0 radical (unpaired) electrons. The van der Waals surface area contributed by atoms with Gasteiger partial charge in [0.2, 0.25) is 0 Å². The third-order valence-corrected chi connectivity index (χ3v) is 3.52. The zero-order chi connectivity index (χ0) is 15.5. The molecule has 0 saturated carbocycles. The number of aromatic carboxylic acids is 1. The van der Waals surface area contributed by atoms with Gasteiger partial charge >= 0.3 is 5.97 Å². The normalized spacial score (nSPS) is 10.4. The van der Waals surface area contributed by atoms with Crippen molar-refractivity contribution in [3.8, 4) is 22.5 Å². The number of pyridine rings is 1. The molecular formula is C19H15NO2. The van der Waals surface area contributed by atoms with Crippen molar-refractivity contribution in [2.24, 2.45) is 0 Å². The summed E-state index contributed by atoms with van der Waals surface area (Å²) in [5.41, 5.74) is 4.42. The molecule has 1 aromatic heterocycles. The van der Waals surface area contributed by atoms with E-state index >= 15 is 0 Å². The molecule has 22 heavy (non-hydrogen) atoms. The highest BCUT2D eigenvalue weighted by Gasteiger charge is 2.14. The summed E-state index contributed by atoms with van der Waals surface area (Å²) >= 11 is 0. The number of hydrogen-bond donors (Lipinski definition) is 1. The highest BCUT2D eigenvalue weighted by molar-refractivity contribution is 5.95. The predicted molar refractivity (Wildman–Crippen MR) is 86.8 cm³/mol. The van der Waals surface area contributed by atoms with E-state index in [2.05, 4.69) is 4.98 Å². The molecule has 108 valence electrons. The maximum absolute atomic E-state index is 11.4. The fourth-order valence-corrected chi connectivity index (χ4v) is 2.33. The van der Waals surface area contributed by atoms with E-state index in [0.29, 0.717) is 5.69 Å². The van der Waals surface area contributed by atoms with Gasteiger partial charge in [-0.3, -0.25) is 0 Å². The van der Waals surface area contributed by atoms with Gasteiger partial charge in [-0.1, -0.05) is 60.2 Å². The third-order valence-electron chi connectivity index (χ3n) is 3.52. The summed E-state index contributed by atoms with van der Waals surface area (Å²) in [5, 5.41) is 9.38. The first-order chi connectivity index (χ1) is 10.6. The van der Waals surface area contributed by atoms with Gasteiger partial charge in [0.25, 0.3) is 0 Å². The second-order valence-corrected chi connectivity index (χ2v) is 5.13. The number of carboxylic acids is 1. The zero-order valence-corrected chi connectivity index (χ0v) is 12.2. The van der Waals surface area contributed by atoms with Crippen LogP contribution in [-0.4, -0.2) is 16.1 Å². The standard InChI is InChI=1S/C19H15NO2/c1-13-7-9-14(10-8-13)17-12-11-16(19(21)22)18(20-17)15-5-3-2-4-6-15/h2-12H,1H3,(H,21,22). The predicted octanol–water partition coefficient (Wildman–Crippen LogP) is 4.42. The van der Waals surface area contributed by atoms with E-state index in [1.165, 1.54) is 5.56 Å². The van der Waals surface area contributed by atoms with Crippen molar-refractivity contribution in [1.29, 1.82) is 0 Å². The van der Waals surface area contributed by atoms with Crippen LogP contribution in [0.2, 0.25) is 0 Å². The van der Waals surface area contributed by atoms with Gasteiger partial charge in [-0.05, 0) is 19.1 Å². The van der Waals surface area contributed by atoms with Gasteiger partial charge in [-0.2, -0.15) is 0 Å². The molecule has 0 amide bonds. The lowest BCUT2D eigenvalue weighted by molar-refractivity contribution is 0.0697. The van der Waals surface area contributed by atoms with Crippen LogP contribution in [-0.2, 0) is 0 Å². The summed E-state index contributed by atoms with van der Waals surface area (Å²) in [6, 6.07) is 20.8. The van der Waals surface area contributed by atoms with Crippen molar-refractivity contribution in [2.75, 3.05) is 0 Å². The molecule has 3 heteroatoms. The average Bonchev–Trinajstić information content (AvgIpc) is 2.56. The number of rotatable bonds is 3. The first kappa shape index (κ1) is 14.0. The summed E-state index contributed by atoms with van der Waals surface area (Å²) in [4.78, 5) is 16.0. The molecule has 3 nitrogen and oxygen atoms in total. The van der Waals surface area contributed by atoms with Gasteiger partial charge in [0.1, 0.15) is 0 Å². The minimum absolute atomic E-state index is 0.210. The van der Waals surface area contributed by atoms with Crippen LogP contribution in [0.4, 0.5) is 0 Å². The minimum atomic E-state index is -0.971. The Labute approximate surface area is 128 Å². The van der Waals surface area contributed by atoms with E-state index in [-0.39, 0.29) is 5.56 Å². The summed E-state index contributed by atoms with van der Waals surface area (Å²) < 4.78 is 0. The molecule has 0 spiro atoms. The Morgan fingerprint density at radius 2 is 1.55 bits per heavy atom. The van der Waals surface area contributed by atoms with Crippen molar-refractivity contribution in [3.05, 3.63) is 77.9 Å². The van der Waals surface area contributed by atoms with Gasteiger partial charge < -0.3 is 5.11 Å². The Balaban J connectivity index is 2.16. The number of carboxylic acid groups (broad SMARTS) is 1. The van der Waals surface area contributed by atoms with E-state index in [1.54, 1.807) is 12.1 Å². The molecule has 0 aliphatic heterocycles. The average molecular weight is 289 g/mol. The monoisotopic (exact) mass is 289 g/mol. The number of carbonyl (C=O) groups is 1.